The van der Waals surface area contributed by atoms with Gasteiger partial charge in [0, 0.05) is 12.0 Å². The molecule has 0 saturated carbocycles. The van der Waals surface area contributed by atoms with Crippen molar-refractivity contribution >= 4 is 24.0 Å². The Labute approximate surface area is 231 Å². The lowest BCUT2D eigenvalue weighted by atomic mass is 9.79. The Morgan fingerprint density at radius 2 is 1.88 bits per heavy atom. The van der Waals surface area contributed by atoms with Crippen molar-refractivity contribution in [1.82, 2.24) is 0 Å². The molecule has 3 aliphatic rings. The smallest absolute Gasteiger partial charge is 0.335 e. The fourth-order valence-corrected chi connectivity index (χ4v) is 4.90. The monoisotopic (exact) mass is 580 g/mol. The van der Waals surface area contributed by atoms with Crippen LogP contribution in [0.5, 0.6) is 11.5 Å². The highest BCUT2D eigenvalue weighted by atomic mass is 16.8. The minimum absolute atomic E-state index is 0.117. The van der Waals surface area contributed by atoms with Gasteiger partial charge in [0.15, 0.2) is 29.5 Å². The van der Waals surface area contributed by atoms with Crippen LogP contribution in [0, 0.1) is 5.92 Å². The standard InChI is InChI=1S/C26H28O15/c1-37-16-8-11(2-6-15(16)28)3-7-18(29)40-21-17(9-27)39-24(20(31)19(21)30)41-25-26(36)13(4-5-14(26)23(34)35)12(10-38-25)22(32)33/h2-3,5-8,10,13,17,19-21,24-25,27-28,30-31,36H,4,9H2,1H3,(H,32,33)(H,34,35)/b7-3+/t13-,17-,19-,20-,21+,24+,25+,26-/m1/s1. The number of carbonyl (C=O) groups is 3. The van der Waals surface area contributed by atoms with Gasteiger partial charge >= 0.3 is 17.9 Å². The average Bonchev–Trinajstić information content (AvgIpc) is 3.30. The number of aliphatic hydroxyl groups is 4. The summed E-state index contributed by atoms with van der Waals surface area (Å²) in [5.74, 6) is -5.26. The van der Waals surface area contributed by atoms with Gasteiger partial charge in [-0.05, 0) is 30.2 Å². The molecule has 0 spiro atoms. The minimum Gasteiger partial charge on any atom is -0.504 e. The number of fused-ring (bicyclic) bond motifs is 1. The van der Waals surface area contributed by atoms with E-state index in [2.05, 4.69) is 0 Å². The molecule has 0 aromatic heterocycles. The number of aromatic hydroxyl groups is 1. The zero-order chi connectivity index (χ0) is 30.1. The molecule has 1 aliphatic carbocycles. The van der Waals surface area contributed by atoms with E-state index in [1.165, 1.54) is 31.4 Å². The van der Waals surface area contributed by atoms with Crippen LogP contribution in [0.15, 0.2) is 47.8 Å². The van der Waals surface area contributed by atoms with Gasteiger partial charge in [0.25, 0.3) is 0 Å². The molecule has 4 rings (SSSR count). The van der Waals surface area contributed by atoms with Gasteiger partial charge in [-0.2, -0.15) is 0 Å². The number of aliphatic carboxylic acids is 2. The first-order chi connectivity index (χ1) is 19.4. The summed E-state index contributed by atoms with van der Waals surface area (Å²) in [4.78, 5) is 35.9. The number of allylic oxidation sites excluding steroid dienone is 1. The molecule has 15 heteroatoms. The molecular weight excluding hydrogens is 552 g/mol. The fraction of sp³-hybridized carbons (Fsp3) is 0.423. The number of hydrogen-bond acceptors (Lipinski definition) is 13. The summed E-state index contributed by atoms with van der Waals surface area (Å²) in [6, 6.07) is 4.27. The number of ether oxygens (including phenoxy) is 5. The normalized spacial score (nSPS) is 32.9. The van der Waals surface area contributed by atoms with Gasteiger partial charge in [-0.1, -0.05) is 12.1 Å². The summed E-state index contributed by atoms with van der Waals surface area (Å²) in [6.45, 7) is -0.831. The number of methoxy groups -OCH3 is 1. The first-order valence-corrected chi connectivity index (χ1v) is 12.2. The van der Waals surface area contributed by atoms with E-state index in [1.54, 1.807) is 0 Å². The number of carboxylic acid groups (broad SMARTS) is 2. The fourth-order valence-electron chi connectivity index (χ4n) is 4.90. The van der Waals surface area contributed by atoms with E-state index in [0.29, 0.717) is 5.56 Å². The van der Waals surface area contributed by atoms with Crippen LogP contribution in [0.25, 0.3) is 6.08 Å². The summed E-state index contributed by atoms with van der Waals surface area (Å²) in [6.07, 6.45) is -6.62. The molecule has 1 aromatic rings. The average molecular weight is 580 g/mol. The highest BCUT2D eigenvalue weighted by Crippen LogP contribution is 2.47. The third kappa shape index (κ3) is 5.63. The van der Waals surface area contributed by atoms with Gasteiger partial charge in [0.2, 0.25) is 6.29 Å². The van der Waals surface area contributed by atoms with Gasteiger partial charge in [-0.3, -0.25) is 0 Å². The lowest BCUT2D eigenvalue weighted by Gasteiger charge is -2.45. The maximum atomic E-state index is 12.5. The second-order valence-corrected chi connectivity index (χ2v) is 9.39. The summed E-state index contributed by atoms with van der Waals surface area (Å²) in [5.41, 5.74) is -3.07. The Morgan fingerprint density at radius 3 is 2.51 bits per heavy atom. The first kappa shape index (κ1) is 30.0. The van der Waals surface area contributed by atoms with Crippen LogP contribution >= 0.6 is 0 Å². The lowest BCUT2D eigenvalue weighted by molar-refractivity contribution is -0.354. The van der Waals surface area contributed by atoms with E-state index in [0.717, 1.165) is 18.4 Å². The molecule has 222 valence electrons. The highest BCUT2D eigenvalue weighted by Gasteiger charge is 2.60. The first-order valence-electron chi connectivity index (χ1n) is 12.2. The number of phenols is 1. The Kier molecular flexibility index (Phi) is 8.67. The molecule has 0 unspecified atom stereocenters. The number of esters is 1. The zero-order valence-electron chi connectivity index (χ0n) is 21.4. The number of carbonyl (C=O) groups excluding carboxylic acids is 1. The predicted molar refractivity (Wildman–Crippen MR) is 132 cm³/mol. The summed E-state index contributed by atoms with van der Waals surface area (Å²) >= 11 is 0. The van der Waals surface area contributed by atoms with Gasteiger partial charge < -0.3 is 59.4 Å². The highest BCUT2D eigenvalue weighted by molar-refractivity contribution is 5.93. The Balaban J connectivity index is 1.49. The third-order valence-electron chi connectivity index (χ3n) is 7.00. The van der Waals surface area contributed by atoms with E-state index < -0.39 is 84.2 Å². The second kappa shape index (κ2) is 11.9. The summed E-state index contributed by atoms with van der Waals surface area (Å²) in [5, 5.41) is 71.3. The topological polar surface area (TPSA) is 239 Å². The quantitative estimate of drug-likeness (QED) is 0.135. The third-order valence-corrected chi connectivity index (χ3v) is 7.00. The molecular formula is C26H28O15. The lowest BCUT2D eigenvalue weighted by Crippen LogP contribution is -2.63. The van der Waals surface area contributed by atoms with E-state index in [4.69, 9.17) is 23.7 Å². The molecule has 15 nitrogen and oxygen atoms in total. The van der Waals surface area contributed by atoms with Crippen molar-refractivity contribution in [1.29, 1.82) is 0 Å². The zero-order valence-corrected chi connectivity index (χ0v) is 21.4. The van der Waals surface area contributed by atoms with Crippen molar-refractivity contribution in [2.75, 3.05) is 13.7 Å². The molecule has 41 heavy (non-hydrogen) atoms. The number of aliphatic hydroxyl groups excluding tert-OH is 3. The van der Waals surface area contributed by atoms with Crippen molar-refractivity contribution in [2.45, 2.75) is 49.0 Å². The van der Waals surface area contributed by atoms with Crippen LogP contribution in [0.4, 0.5) is 0 Å². The molecule has 0 amide bonds. The van der Waals surface area contributed by atoms with Crippen LogP contribution in [-0.4, -0.2) is 110 Å². The SMILES string of the molecule is COc1cc(/C=C/C(=O)O[C@@H]2[C@H](O)[C@@H](O)[C@H](O[C@@H]3OC=C(C(=O)O)[C@H]4CC=C(C(=O)O)[C@@]34O)O[C@@H]2CO)ccc1O. The van der Waals surface area contributed by atoms with Crippen LogP contribution in [0.3, 0.4) is 0 Å². The number of hydrogen-bond donors (Lipinski definition) is 7. The van der Waals surface area contributed by atoms with Crippen molar-refractivity contribution in [3.63, 3.8) is 0 Å². The summed E-state index contributed by atoms with van der Waals surface area (Å²) < 4.78 is 26.4. The van der Waals surface area contributed by atoms with Gasteiger partial charge in [-0.15, -0.1) is 0 Å². The molecule has 8 atom stereocenters. The summed E-state index contributed by atoms with van der Waals surface area (Å²) in [7, 11) is 1.34. The Bertz CT molecular complexity index is 1280. The van der Waals surface area contributed by atoms with Crippen molar-refractivity contribution in [2.24, 2.45) is 5.92 Å². The van der Waals surface area contributed by atoms with Gasteiger partial charge in [0.05, 0.1) is 31.1 Å². The van der Waals surface area contributed by atoms with Crippen LogP contribution in [0.2, 0.25) is 0 Å². The van der Waals surface area contributed by atoms with Gasteiger partial charge in [-0.25, -0.2) is 14.4 Å². The van der Waals surface area contributed by atoms with Gasteiger partial charge in [0.1, 0.15) is 18.3 Å². The maximum absolute atomic E-state index is 12.5. The van der Waals surface area contributed by atoms with E-state index >= 15 is 0 Å². The van der Waals surface area contributed by atoms with Crippen molar-refractivity contribution in [3.8, 4) is 11.5 Å². The molecule has 0 bridgehead atoms. The molecule has 1 fully saturated rings. The van der Waals surface area contributed by atoms with E-state index in [1.807, 2.05) is 0 Å². The Morgan fingerprint density at radius 1 is 1.15 bits per heavy atom. The van der Waals surface area contributed by atoms with Crippen LogP contribution in [0.1, 0.15) is 12.0 Å². The Hall–Kier alpha value is -3.99. The predicted octanol–water partition coefficient (Wildman–Crippen LogP) is -1.13. The van der Waals surface area contributed by atoms with Crippen LogP contribution < -0.4 is 4.74 Å². The molecule has 0 radical (unpaired) electrons. The molecule has 1 aromatic carbocycles. The maximum Gasteiger partial charge on any atom is 0.335 e. The van der Waals surface area contributed by atoms with Crippen LogP contribution in [-0.2, 0) is 33.3 Å². The second-order valence-electron chi connectivity index (χ2n) is 9.39. The molecule has 1 saturated heterocycles. The molecule has 2 heterocycles. The molecule has 7 N–H and O–H groups in total. The van der Waals surface area contributed by atoms with Crippen molar-refractivity contribution < 1.29 is 73.8 Å². The van der Waals surface area contributed by atoms with E-state index in [9.17, 15) is 50.1 Å². The largest absolute Gasteiger partial charge is 0.504 e. The number of rotatable bonds is 9. The van der Waals surface area contributed by atoms with E-state index in [-0.39, 0.29) is 17.9 Å². The molecule has 2 aliphatic heterocycles. The number of benzene rings is 1. The minimum atomic E-state index is -2.51. The number of phenolic OH excluding ortho intramolecular Hbond substituents is 1. The number of carboxylic acids is 2. The van der Waals surface area contributed by atoms with Crippen molar-refractivity contribution in [3.05, 3.63) is 53.3 Å².